The minimum Gasteiger partial charge on any atom is -0.497 e. The number of amides is 1. The SMILES string of the molecule is CCn1c(NC(=O)CCn2c(-c3ccc(OC)cc3)n[nH]c2=S)nc2ccccc21. The van der Waals surface area contributed by atoms with E-state index < -0.39 is 0 Å². The highest BCUT2D eigenvalue weighted by Crippen LogP contribution is 2.22. The van der Waals surface area contributed by atoms with E-state index in [1.165, 1.54) is 0 Å². The van der Waals surface area contributed by atoms with Crippen LogP contribution in [0.25, 0.3) is 22.4 Å². The van der Waals surface area contributed by atoms with E-state index >= 15 is 0 Å². The van der Waals surface area contributed by atoms with Gasteiger partial charge in [0.2, 0.25) is 11.9 Å². The van der Waals surface area contributed by atoms with Crippen molar-refractivity contribution in [2.45, 2.75) is 26.4 Å². The van der Waals surface area contributed by atoms with Crippen LogP contribution in [0.5, 0.6) is 5.75 Å². The number of anilines is 1. The number of hydrogen-bond acceptors (Lipinski definition) is 5. The lowest BCUT2D eigenvalue weighted by Crippen LogP contribution is -2.18. The van der Waals surface area contributed by atoms with Gasteiger partial charge in [0.05, 0.1) is 18.1 Å². The number of benzene rings is 2. The summed E-state index contributed by atoms with van der Waals surface area (Å²) in [5, 5.41) is 10.1. The van der Waals surface area contributed by atoms with Crippen molar-refractivity contribution in [1.29, 1.82) is 0 Å². The maximum Gasteiger partial charge on any atom is 0.228 e. The number of nitrogens with zero attached hydrogens (tertiary/aromatic N) is 4. The van der Waals surface area contributed by atoms with Gasteiger partial charge in [-0.1, -0.05) is 12.1 Å². The number of aromatic amines is 1. The number of carbonyl (C=O) groups excluding carboxylic acids is 1. The second-order valence-electron chi connectivity index (χ2n) is 6.70. The Balaban J connectivity index is 1.50. The molecule has 0 spiro atoms. The standard InChI is InChI=1S/C21H22N6O2S/c1-3-26-17-7-5-4-6-16(17)22-20(26)23-18(28)12-13-27-19(24-25-21(27)30)14-8-10-15(29-2)11-9-14/h4-11H,3,12-13H2,1-2H3,(H,25,30)(H,22,23,28). The number of fused-ring (bicyclic) bond motifs is 1. The van der Waals surface area contributed by atoms with Crippen LogP contribution in [0.2, 0.25) is 0 Å². The van der Waals surface area contributed by atoms with E-state index in [1.807, 2.05) is 64.6 Å². The lowest BCUT2D eigenvalue weighted by molar-refractivity contribution is -0.116. The molecule has 2 N–H and O–H groups in total. The van der Waals surface area contributed by atoms with Crippen LogP contribution in [-0.4, -0.2) is 37.3 Å². The Morgan fingerprint density at radius 2 is 1.93 bits per heavy atom. The number of nitrogens with one attached hydrogen (secondary N) is 2. The topological polar surface area (TPSA) is 89.8 Å². The predicted molar refractivity (Wildman–Crippen MR) is 118 cm³/mol. The molecule has 0 atom stereocenters. The quantitative estimate of drug-likeness (QED) is 0.439. The first kappa shape index (κ1) is 19.8. The second kappa shape index (κ2) is 8.50. The highest BCUT2D eigenvalue weighted by atomic mass is 32.1. The first-order chi connectivity index (χ1) is 14.6. The number of aryl methyl sites for hydroxylation is 1. The van der Waals surface area contributed by atoms with Gasteiger partial charge in [0, 0.05) is 25.1 Å². The number of para-hydroxylation sites is 2. The summed E-state index contributed by atoms with van der Waals surface area (Å²) in [6, 6.07) is 15.4. The molecule has 2 aromatic heterocycles. The third-order valence-electron chi connectivity index (χ3n) is 4.89. The van der Waals surface area contributed by atoms with Gasteiger partial charge in [0.1, 0.15) is 5.75 Å². The van der Waals surface area contributed by atoms with Crippen molar-refractivity contribution in [3.05, 3.63) is 53.3 Å². The van der Waals surface area contributed by atoms with E-state index in [1.54, 1.807) is 7.11 Å². The van der Waals surface area contributed by atoms with E-state index in [-0.39, 0.29) is 12.3 Å². The number of hydrogen-bond donors (Lipinski definition) is 2. The third kappa shape index (κ3) is 3.84. The molecule has 0 aliphatic heterocycles. The fourth-order valence-corrected chi connectivity index (χ4v) is 3.60. The molecular weight excluding hydrogens is 400 g/mol. The van der Waals surface area contributed by atoms with Gasteiger partial charge in [-0.3, -0.25) is 19.8 Å². The predicted octanol–water partition coefficient (Wildman–Crippen LogP) is 4.01. The Morgan fingerprint density at radius 3 is 2.67 bits per heavy atom. The first-order valence-corrected chi connectivity index (χ1v) is 10.1. The highest BCUT2D eigenvalue weighted by Gasteiger charge is 2.14. The van der Waals surface area contributed by atoms with Crippen LogP contribution < -0.4 is 10.1 Å². The fraction of sp³-hybridized carbons (Fsp3) is 0.238. The number of carbonyl (C=O) groups is 1. The third-order valence-corrected chi connectivity index (χ3v) is 5.20. The summed E-state index contributed by atoms with van der Waals surface area (Å²) in [7, 11) is 1.62. The Kier molecular flexibility index (Phi) is 5.62. The lowest BCUT2D eigenvalue weighted by Gasteiger charge is -2.09. The van der Waals surface area contributed by atoms with Crippen molar-refractivity contribution >= 4 is 35.1 Å². The Labute approximate surface area is 178 Å². The summed E-state index contributed by atoms with van der Waals surface area (Å²) >= 11 is 5.36. The zero-order chi connectivity index (χ0) is 21.1. The van der Waals surface area contributed by atoms with Crippen LogP contribution in [0, 0.1) is 4.77 Å². The van der Waals surface area contributed by atoms with Crippen molar-refractivity contribution in [2.24, 2.45) is 0 Å². The number of aromatic nitrogens is 5. The van der Waals surface area contributed by atoms with Gasteiger partial charge in [-0.15, -0.1) is 0 Å². The molecule has 0 unspecified atom stereocenters. The number of methoxy groups -OCH3 is 1. The molecule has 2 aromatic carbocycles. The number of imidazole rings is 1. The van der Waals surface area contributed by atoms with Crippen LogP contribution in [0.1, 0.15) is 13.3 Å². The Bertz CT molecular complexity index is 1240. The molecule has 4 rings (SSSR count). The smallest absolute Gasteiger partial charge is 0.228 e. The zero-order valence-corrected chi connectivity index (χ0v) is 17.6. The molecule has 0 aliphatic carbocycles. The number of H-pyrrole nitrogens is 1. The van der Waals surface area contributed by atoms with Crippen LogP contribution in [0.15, 0.2) is 48.5 Å². The Hall–Kier alpha value is -3.46. The van der Waals surface area contributed by atoms with Crippen LogP contribution >= 0.6 is 12.2 Å². The minimum absolute atomic E-state index is 0.135. The monoisotopic (exact) mass is 422 g/mol. The molecule has 8 nitrogen and oxygen atoms in total. The second-order valence-corrected chi connectivity index (χ2v) is 7.09. The van der Waals surface area contributed by atoms with E-state index in [2.05, 4.69) is 20.5 Å². The number of rotatable bonds is 7. The van der Waals surface area contributed by atoms with Gasteiger partial charge >= 0.3 is 0 Å². The van der Waals surface area contributed by atoms with E-state index in [0.29, 0.717) is 29.6 Å². The summed E-state index contributed by atoms with van der Waals surface area (Å²) in [5.41, 5.74) is 2.74. The molecule has 1 amide bonds. The normalized spacial score (nSPS) is 11.0. The van der Waals surface area contributed by atoms with Crippen LogP contribution in [0.4, 0.5) is 5.95 Å². The maximum atomic E-state index is 12.6. The summed E-state index contributed by atoms with van der Waals surface area (Å²) < 4.78 is 9.47. The fourth-order valence-electron chi connectivity index (χ4n) is 3.38. The first-order valence-electron chi connectivity index (χ1n) is 9.65. The minimum atomic E-state index is -0.135. The number of ether oxygens (including phenoxy) is 1. The van der Waals surface area contributed by atoms with Crippen LogP contribution in [0.3, 0.4) is 0 Å². The molecule has 0 saturated carbocycles. The molecule has 2 heterocycles. The van der Waals surface area contributed by atoms with Gasteiger partial charge in [-0.05, 0) is 55.5 Å². The lowest BCUT2D eigenvalue weighted by atomic mass is 10.2. The summed E-state index contributed by atoms with van der Waals surface area (Å²) in [5.74, 6) is 1.85. The van der Waals surface area contributed by atoms with Crippen molar-refractivity contribution in [3.8, 4) is 17.1 Å². The Morgan fingerprint density at radius 1 is 1.17 bits per heavy atom. The van der Waals surface area contributed by atoms with Gasteiger partial charge < -0.3 is 9.30 Å². The summed E-state index contributed by atoms with van der Waals surface area (Å²) in [4.78, 5) is 17.2. The molecule has 0 radical (unpaired) electrons. The van der Waals surface area contributed by atoms with Gasteiger partial charge in [0.25, 0.3) is 0 Å². The average molecular weight is 423 g/mol. The van der Waals surface area contributed by atoms with Gasteiger partial charge in [-0.25, -0.2) is 4.98 Å². The maximum absolute atomic E-state index is 12.6. The van der Waals surface area contributed by atoms with Gasteiger partial charge in [-0.2, -0.15) is 5.10 Å². The van der Waals surface area contributed by atoms with E-state index in [4.69, 9.17) is 17.0 Å². The molecule has 4 aromatic rings. The van der Waals surface area contributed by atoms with E-state index in [0.717, 1.165) is 22.3 Å². The largest absolute Gasteiger partial charge is 0.497 e. The molecule has 0 aliphatic rings. The summed E-state index contributed by atoms with van der Waals surface area (Å²) in [6.07, 6.45) is 0.240. The summed E-state index contributed by atoms with van der Waals surface area (Å²) in [6.45, 7) is 3.13. The van der Waals surface area contributed by atoms with Gasteiger partial charge in [0.15, 0.2) is 10.6 Å². The highest BCUT2D eigenvalue weighted by molar-refractivity contribution is 7.71. The van der Waals surface area contributed by atoms with Crippen molar-refractivity contribution in [2.75, 3.05) is 12.4 Å². The molecule has 9 heteroatoms. The molecular formula is C21H22N6O2S. The molecule has 30 heavy (non-hydrogen) atoms. The average Bonchev–Trinajstić information content (AvgIpc) is 3.31. The molecule has 0 bridgehead atoms. The van der Waals surface area contributed by atoms with E-state index in [9.17, 15) is 4.79 Å². The van der Waals surface area contributed by atoms with Crippen LogP contribution in [-0.2, 0) is 17.9 Å². The molecule has 0 fully saturated rings. The van der Waals surface area contributed by atoms with Crippen molar-refractivity contribution in [1.82, 2.24) is 24.3 Å². The van der Waals surface area contributed by atoms with Crippen molar-refractivity contribution in [3.63, 3.8) is 0 Å². The van der Waals surface area contributed by atoms with Crippen molar-refractivity contribution < 1.29 is 9.53 Å². The molecule has 154 valence electrons. The molecule has 0 saturated heterocycles. The zero-order valence-electron chi connectivity index (χ0n) is 16.8.